The fourth-order valence-electron chi connectivity index (χ4n) is 1.60. The van der Waals surface area contributed by atoms with Gasteiger partial charge in [0.25, 0.3) is 0 Å². The second-order valence-electron chi connectivity index (χ2n) is 4.01. The number of aryl methyl sites for hydroxylation is 1. The molecular formula is C9H12F3N3O5S. The molecule has 0 unspecified atom stereocenters. The van der Waals surface area contributed by atoms with Crippen molar-refractivity contribution in [1.82, 2.24) is 14.5 Å². The highest BCUT2D eigenvalue weighted by Crippen LogP contribution is 2.25. The predicted octanol–water partition coefficient (Wildman–Crippen LogP) is -0.0384. The lowest BCUT2D eigenvalue weighted by Gasteiger charge is -2.22. The zero-order valence-corrected chi connectivity index (χ0v) is 11.5. The summed E-state index contributed by atoms with van der Waals surface area (Å²) < 4.78 is 61.7. The molecule has 0 aliphatic rings. The van der Waals surface area contributed by atoms with Gasteiger partial charge in [0.05, 0.1) is 12.3 Å². The van der Waals surface area contributed by atoms with E-state index in [-0.39, 0.29) is 10.00 Å². The number of aromatic nitrogens is 2. The first-order valence-electron chi connectivity index (χ1n) is 5.46. The van der Waals surface area contributed by atoms with Crippen LogP contribution in [-0.4, -0.2) is 65.0 Å². The second-order valence-corrected chi connectivity index (χ2v) is 5.88. The van der Waals surface area contributed by atoms with Crippen LogP contribution in [0.4, 0.5) is 13.2 Å². The number of hydrogen-bond donors (Lipinski definition) is 3. The number of hydrogen-bond acceptors (Lipinski definition) is 5. The molecule has 0 radical (unpaired) electrons. The van der Waals surface area contributed by atoms with E-state index in [4.69, 9.17) is 10.2 Å². The predicted molar refractivity (Wildman–Crippen MR) is 62.2 cm³/mol. The molecule has 0 aliphatic carbocycles. The van der Waals surface area contributed by atoms with Crippen LogP contribution in [0, 0.1) is 6.92 Å². The zero-order valence-electron chi connectivity index (χ0n) is 10.7. The normalized spacial score (nSPS) is 12.9. The van der Waals surface area contributed by atoms with E-state index in [1.165, 1.54) is 0 Å². The average Bonchev–Trinajstić information content (AvgIpc) is 2.69. The molecule has 0 saturated heterocycles. The number of carboxylic acids is 1. The Hall–Kier alpha value is -1.66. The van der Waals surface area contributed by atoms with Crippen LogP contribution in [0.15, 0.2) is 4.90 Å². The summed E-state index contributed by atoms with van der Waals surface area (Å²) in [6.07, 6.45) is -4.84. The number of carbonyl (C=O) groups is 1. The Kier molecular flexibility index (Phi) is 4.96. The van der Waals surface area contributed by atoms with Crippen molar-refractivity contribution in [2.45, 2.75) is 18.0 Å². The van der Waals surface area contributed by atoms with Gasteiger partial charge in [0.1, 0.15) is 11.4 Å². The fraction of sp³-hybridized carbons (Fsp3) is 0.556. The van der Waals surface area contributed by atoms with Gasteiger partial charge < -0.3 is 10.2 Å². The lowest BCUT2D eigenvalue weighted by Crippen LogP contribution is -2.41. The summed E-state index contributed by atoms with van der Waals surface area (Å²) in [6, 6.07) is 0. The molecule has 0 bridgehead atoms. The van der Waals surface area contributed by atoms with Crippen molar-refractivity contribution >= 4 is 16.0 Å². The number of aromatic amines is 1. The van der Waals surface area contributed by atoms with Crippen molar-refractivity contribution in [2.75, 3.05) is 19.7 Å². The number of alkyl halides is 3. The molecule has 8 nitrogen and oxygen atoms in total. The topological polar surface area (TPSA) is 124 Å². The van der Waals surface area contributed by atoms with E-state index in [1.807, 2.05) is 0 Å². The number of halogens is 3. The maximum absolute atomic E-state index is 12.4. The summed E-state index contributed by atoms with van der Waals surface area (Å²) in [4.78, 5) is 10.1. The third-order valence-electron chi connectivity index (χ3n) is 2.40. The first kappa shape index (κ1) is 17.4. The lowest BCUT2D eigenvalue weighted by molar-refractivity contribution is -0.136. The molecule has 1 aromatic heterocycles. The maximum Gasteiger partial charge on any atom is 0.402 e. The summed E-state index contributed by atoms with van der Waals surface area (Å²) in [5.41, 5.74) is -1.12. The summed E-state index contributed by atoms with van der Waals surface area (Å²) in [5.74, 6) is -1.70. The van der Waals surface area contributed by atoms with E-state index in [1.54, 1.807) is 0 Å². The minimum absolute atomic E-state index is 0.0444. The van der Waals surface area contributed by atoms with Gasteiger partial charge in [0, 0.05) is 6.54 Å². The second kappa shape index (κ2) is 5.99. The molecule has 0 atom stereocenters. The van der Waals surface area contributed by atoms with Crippen LogP contribution in [0.1, 0.15) is 16.2 Å². The van der Waals surface area contributed by atoms with Crippen molar-refractivity contribution in [3.63, 3.8) is 0 Å². The minimum Gasteiger partial charge on any atom is -0.476 e. The van der Waals surface area contributed by atoms with E-state index in [9.17, 15) is 26.4 Å². The Morgan fingerprint density at radius 2 is 2.00 bits per heavy atom. The van der Waals surface area contributed by atoms with Gasteiger partial charge in [-0.3, -0.25) is 5.10 Å². The highest BCUT2D eigenvalue weighted by molar-refractivity contribution is 7.89. The molecule has 0 aromatic carbocycles. The quantitative estimate of drug-likeness (QED) is 0.672. The molecule has 12 heteroatoms. The summed E-state index contributed by atoms with van der Waals surface area (Å²) >= 11 is 0. The van der Waals surface area contributed by atoms with E-state index in [0.29, 0.717) is 0 Å². The highest BCUT2D eigenvalue weighted by Gasteiger charge is 2.40. The molecule has 120 valence electrons. The summed E-state index contributed by atoms with van der Waals surface area (Å²) in [7, 11) is -4.78. The van der Waals surface area contributed by atoms with Crippen molar-refractivity contribution in [2.24, 2.45) is 0 Å². The van der Waals surface area contributed by atoms with E-state index >= 15 is 0 Å². The molecule has 0 spiro atoms. The summed E-state index contributed by atoms with van der Waals surface area (Å²) in [5, 5.41) is 22.9. The van der Waals surface area contributed by atoms with Crippen molar-refractivity contribution in [1.29, 1.82) is 0 Å². The maximum atomic E-state index is 12.4. The first-order valence-corrected chi connectivity index (χ1v) is 6.90. The monoisotopic (exact) mass is 331 g/mol. The number of aliphatic hydroxyl groups is 1. The number of aromatic carboxylic acids is 1. The van der Waals surface area contributed by atoms with Crippen LogP contribution in [0.5, 0.6) is 0 Å². The third kappa shape index (κ3) is 3.92. The molecule has 1 aromatic rings. The number of nitrogens with zero attached hydrogens (tertiary/aromatic N) is 2. The lowest BCUT2D eigenvalue weighted by atomic mass is 10.4. The van der Waals surface area contributed by atoms with Crippen LogP contribution in [0.25, 0.3) is 0 Å². The zero-order chi connectivity index (χ0) is 16.4. The van der Waals surface area contributed by atoms with Crippen molar-refractivity contribution in [3.05, 3.63) is 11.4 Å². The number of carboxylic acid groups (broad SMARTS) is 1. The van der Waals surface area contributed by atoms with Crippen LogP contribution in [0.3, 0.4) is 0 Å². The smallest absolute Gasteiger partial charge is 0.402 e. The van der Waals surface area contributed by atoms with Gasteiger partial charge in [-0.15, -0.1) is 0 Å². The molecule has 21 heavy (non-hydrogen) atoms. The molecule has 0 fully saturated rings. The average molecular weight is 331 g/mol. The van der Waals surface area contributed by atoms with Gasteiger partial charge in [-0.25, -0.2) is 13.2 Å². The van der Waals surface area contributed by atoms with Crippen LogP contribution in [0.2, 0.25) is 0 Å². The van der Waals surface area contributed by atoms with Gasteiger partial charge in [-0.1, -0.05) is 0 Å². The van der Waals surface area contributed by atoms with Gasteiger partial charge in [-0.2, -0.15) is 22.6 Å². The number of H-pyrrole nitrogens is 1. The molecule has 0 amide bonds. The largest absolute Gasteiger partial charge is 0.476 e. The Labute approximate surface area is 117 Å². The molecule has 0 aliphatic heterocycles. The molecular weight excluding hydrogens is 319 g/mol. The van der Waals surface area contributed by atoms with Crippen LogP contribution < -0.4 is 0 Å². The van der Waals surface area contributed by atoms with Gasteiger partial charge in [0.15, 0.2) is 5.69 Å². The Morgan fingerprint density at radius 3 is 2.43 bits per heavy atom. The van der Waals surface area contributed by atoms with Gasteiger partial charge in [0.2, 0.25) is 10.0 Å². The first-order chi connectivity index (χ1) is 9.50. The fourth-order valence-corrected chi connectivity index (χ4v) is 3.31. The highest BCUT2D eigenvalue weighted by atomic mass is 32.2. The summed E-state index contributed by atoms with van der Waals surface area (Å²) in [6.45, 7) is -2.36. The minimum atomic E-state index is -4.84. The van der Waals surface area contributed by atoms with Crippen LogP contribution in [-0.2, 0) is 10.0 Å². The molecule has 0 saturated carbocycles. The Bertz CT molecular complexity index is 625. The van der Waals surface area contributed by atoms with Gasteiger partial charge in [-0.05, 0) is 6.92 Å². The number of rotatable bonds is 6. The third-order valence-corrected chi connectivity index (χ3v) is 4.40. The van der Waals surface area contributed by atoms with Crippen molar-refractivity contribution in [3.8, 4) is 0 Å². The van der Waals surface area contributed by atoms with E-state index in [0.717, 1.165) is 6.92 Å². The van der Waals surface area contributed by atoms with E-state index in [2.05, 4.69) is 10.2 Å². The SMILES string of the molecule is Cc1[nH]nc(C(=O)O)c1S(=O)(=O)N(CCO)CC(F)(F)F. The number of aliphatic hydroxyl groups excluding tert-OH is 1. The molecule has 1 rings (SSSR count). The number of nitrogens with one attached hydrogen (secondary N) is 1. The van der Waals surface area contributed by atoms with Crippen LogP contribution >= 0.6 is 0 Å². The Balaban J connectivity index is 3.36. The molecule has 3 N–H and O–H groups in total. The Morgan fingerprint density at radius 1 is 1.43 bits per heavy atom. The van der Waals surface area contributed by atoms with Gasteiger partial charge >= 0.3 is 12.1 Å². The molecule has 1 heterocycles. The standard InChI is InChI=1S/C9H12F3N3O5S/c1-5-7(6(8(17)18)14-13-5)21(19,20)15(2-3-16)4-9(10,11)12/h16H,2-4H2,1H3,(H,13,14)(H,17,18). The number of sulfonamides is 1. The van der Waals surface area contributed by atoms with Crippen molar-refractivity contribution < 1.29 is 36.6 Å². The van der Waals surface area contributed by atoms with E-state index < -0.39 is 52.5 Å².